The molecule has 3 N–H and O–H groups in total. The highest BCUT2D eigenvalue weighted by atomic mass is 32.2. The first kappa shape index (κ1) is 17.6. The molecular formula is C13H25N3O2S2. The molecule has 0 fully saturated rings. The van der Waals surface area contributed by atoms with Crippen molar-refractivity contribution in [2.45, 2.75) is 49.9 Å². The van der Waals surface area contributed by atoms with Crippen LogP contribution in [0.3, 0.4) is 0 Å². The highest BCUT2D eigenvalue weighted by molar-refractivity contribution is 8.00. The summed E-state index contributed by atoms with van der Waals surface area (Å²) < 4.78 is 29.1. The first-order chi connectivity index (χ1) is 9.13. The van der Waals surface area contributed by atoms with Gasteiger partial charge < -0.3 is 10.3 Å². The predicted octanol–water partition coefficient (Wildman–Crippen LogP) is 1.95. The summed E-state index contributed by atoms with van der Waals surface area (Å²) in [4.78, 5) is 0.281. The monoisotopic (exact) mass is 319 g/mol. The number of hydrogen-bond acceptors (Lipinski definition) is 4. The van der Waals surface area contributed by atoms with E-state index < -0.39 is 10.0 Å². The van der Waals surface area contributed by atoms with Crippen molar-refractivity contribution in [1.29, 1.82) is 0 Å². The maximum atomic E-state index is 12.3. The summed E-state index contributed by atoms with van der Waals surface area (Å²) in [5.41, 5.74) is 6.49. The molecule has 5 nitrogen and oxygen atoms in total. The van der Waals surface area contributed by atoms with E-state index in [1.165, 1.54) is 0 Å². The van der Waals surface area contributed by atoms with Crippen molar-refractivity contribution in [2.24, 2.45) is 5.73 Å². The number of nitrogens with two attached hydrogens (primary N) is 1. The maximum Gasteiger partial charge on any atom is 0.242 e. The Kier molecular flexibility index (Phi) is 5.71. The quantitative estimate of drug-likeness (QED) is 0.805. The number of hydrogen-bond donors (Lipinski definition) is 2. The van der Waals surface area contributed by atoms with Crippen molar-refractivity contribution in [2.75, 3.05) is 12.8 Å². The van der Waals surface area contributed by atoms with Crippen LogP contribution in [0.5, 0.6) is 0 Å². The van der Waals surface area contributed by atoms with Crippen molar-refractivity contribution in [3.63, 3.8) is 0 Å². The first-order valence-electron chi connectivity index (χ1n) is 6.58. The molecule has 0 aliphatic rings. The molecule has 20 heavy (non-hydrogen) atoms. The second-order valence-electron chi connectivity index (χ2n) is 5.66. The largest absolute Gasteiger partial charge is 0.346 e. The van der Waals surface area contributed by atoms with Gasteiger partial charge in [-0.2, -0.15) is 11.8 Å². The standard InChI is InChI=1S/C13H25N3O2S2/c1-10(2)16-8-12(6-11(16)7-14)20(17,18)15-9-13(3,4)19-5/h6,8,10,15H,7,9,14H2,1-5H3. The van der Waals surface area contributed by atoms with Gasteiger partial charge in [0.25, 0.3) is 0 Å². The lowest BCUT2D eigenvalue weighted by Crippen LogP contribution is -2.35. The highest BCUT2D eigenvalue weighted by Gasteiger charge is 2.23. The van der Waals surface area contributed by atoms with Crippen LogP contribution in [0.4, 0.5) is 0 Å². The summed E-state index contributed by atoms with van der Waals surface area (Å²) in [6, 6.07) is 1.83. The van der Waals surface area contributed by atoms with Crippen molar-refractivity contribution in [3.05, 3.63) is 18.0 Å². The Balaban J connectivity index is 2.99. The number of nitrogens with one attached hydrogen (secondary N) is 1. The van der Waals surface area contributed by atoms with Crippen LogP contribution in [0.2, 0.25) is 0 Å². The minimum Gasteiger partial charge on any atom is -0.346 e. The molecule has 0 saturated heterocycles. The van der Waals surface area contributed by atoms with E-state index in [1.54, 1.807) is 24.0 Å². The minimum absolute atomic E-state index is 0.135. The van der Waals surface area contributed by atoms with Gasteiger partial charge in [0.1, 0.15) is 0 Å². The Bertz CT molecular complexity index is 548. The lowest BCUT2D eigenvalue weighted by Gasteiger charge is -2.21. The van der Waals surface area contributed by atoms with E-state index in [1.807, 2.05) is 38.5 Å². The Morgan fingerprint density at radius 2 is 2.05 bits per heavy atom. The van der Waals surface area contributed by atoms with Gasteiger partial charge in [0.15, 0.2) is 0 Å². The van der Waals surface area contributed by atoms with Crippen LogP contribution in [0.15, 0.2) is 17.2 Å². The molecule has 116 valence electrons. The smallest absolute Gasteiger partial charge is 0.242 e. The summed E-state index contributed by atoms with van der Waals surface area (Å²) in [6.07, 6.45) is 3.62. The lowest BCUT2D eigenvalue weighted by molar-refractivity contribution is 0.564. The molecule has 0 radical (unpaired) electrons. The molecule has 0 aliphatic heterocycles. The second-order valence-corrected chi connectivity index (χ2v) is 8.94. The predicted molar refractivity (Wildman–Crippen MR) is 85.5 cm³/mol. The van der Waals surface area contributed by atoms with Crippen molar-refractivity contribution >= 4 is 21.8 Å². The zero-order valence-electron chi connectivity index (χ0n) is 12.8. The second kappa shape index (κ2) is 6.51. The number of rotatable bonds is 7. The fourth-order valence-corrected chi connectivity index (χ4v) is 3.28. The van der Waals surface area contributed by atoms with Crippen molar-refractivity contribution < 1.29 is 8.42 Å². The molecule has 1 rings (SSSR count). The third-order valence-electron chi connectivity index (χ3n) is 3.22. The Labute approximate surface area is 126 Å². The van der Waals surface area contributed by atoms with Gasteiger partial charge in [0.2, 0.25) is 10.0 Å². The van der Waals surface area contributed by atoms with Crippen LogP contribution in [0.1, 0.15) is 39.4 Å². The van der Waals surface area contributed by atoms with Crippen LogP contribution in [-0.4, -0.2) is 30.5 Å². The van der Waals surface area contributed by atoms with E-state index in [4.69, 9.17) is 5.73 Å². The van der Waals surface area contributed by atoms with Gasteiger partial charge in [0.05, 0.1) is 4.90 Å². The molecule has 0 aliphatic carbocycles. The molecule has 1 aromatic rings. The normalized spacial score (nSPS) is 13.2. The molecule has 0 unspecified atom stereocenters. The number of sulfonamides is 1. The van der Waals surface area contributed by atoms with E-state index in [-0.39, 0.29) is 15.7 Å². The zero-order valence-corrected chi connectivity index (χ0v) is 14.4. The number of thioether (sulfide) groups is 1. The third-order valence-corrected chi connectivity index (χ3v) is 5.84. The first-order valence-corrected chi connectivity index (χ1v) is 9.29. The van der Waals surface area contributed by atoms with Crippen LogP contribution >= 0.6 is 11.8 Å². The summed E-state index contributed by atoms with van der Waals surface area (Å²) in [5.74, 6) is 0. The molecule has 1 aromatic heterocycles. The molecule has 1 heterocycles. The molecule has 0 amide bonds. The molecule has 0 saturated carbocycles. The van der Waals surface area contributed by atoms with Gasteiger partial charge in [-0.05, 0) is 40.0 Å². The van der Waals surface area contributed by atoms with E-state index in [0.29, 0.717) is 13.1 Å². The summed E-state index contributed by atoms with van der Waals surface area (Å²) >= 11 is 1.63. The van der Waals surface area contributed by atoms with E-state index in [9.17, 15) is 8.42 Å². The van der Waals surface area contributed by atoms with E-state index in [0.717, 1.165) is 5.69 Å². The van der Waals surface area contributed by atoms with Crippen molar-refractivity contribution in [1.82, 2.24) is 9.29 Å². The highest BCUT2D eigenvalue weighted by Crippen LogP contribution is 2.22. The van der Waals surface area contributed by atoms with Crippen LogP contribution in [0, 0.1) is 0 Å². The fraction of sp³-hybridized carbons (Fsp3) is 0.692. The molecule has 0 atom stereocenters. The van der Waals surface area contributed by atoms with E-state index in [2.05, 4.69) is 4.72 Å². The summed E-state index contributed by atoms with van der Waals surface area (Å²) in [7, 11) is -3.49. The fourth-order valence-electron chi connectivity index (χ4n) is 1.71. The van der Waals surface area contributed by atoms with Gasteiger partial charge in [-0.25, -0.2) is 13.1 Å². The Morgan fingerprint density at radius 1 is 1.45 bits per heavy atom. The molecular weight excluding hydrogens is 294 g/mol. The molecule has 0 bridgehead atoms. The van der Waals surface area contributed by atoms with Gasteiger partial charge in [-0.1, -0.05) is 0 Å². The average Bonchev–Trinajstić information content (AvgIpc) is 2.82. The zero-order chi connectivity index (χ0) is 15.6. The van der Waals surface area contributed by atoms with Crippen molar-refractivity contribution in [3.8, 4) is 0 Å². The van der Waals surface area contributed by atoms with Crippen LogP contribution < -0.4 is 10.5 Å². The Morgan fingerprint density at radius 3 is 2.45 bits per heavy atom. The molecule has 0 aromatic carbocycles. The SMILES string of the molecule is CSC(C)(C)CNS(=O)(=O)c1cc(CN)n(C(C)C)c1. The average molecular weight is 319 g/mol. The topological polar surface area (TPSA) is 77.1 Å². The van der Waals surface area contributed by atoms with Crippen LogP contribution in [0.25, 0.3) is 0 Å². The number of aromatic nitrogens is 1. The van der Waals surface area contributed by atoms with Gasteiger partial charge in [0, 0.05) is 35.8 Å². The number of nitrogens with zero attached hydrogens (tertiary/aromatic N) is 1. The van der Waals surface area contributed by atoms with Gasteiger partial charge >= 0.3 is 0 Å². The molecule has 7 heteroatoms. The maximum absolute atomic E-state index is 12.3. The van der Waals surface area contributed by atoms with Gasteiger partial charge in [-0.15, -0.1) is 0 Å². The summed E-state index contributed by atoms with van der Waals surface area (Å²) in [5, 5.41) is 0. The Hall–Kier alpha value is -0.500. The molecule has 0 spiro atoms. The third kappa shape index (κ3) is 4.25. The lowest BCUT2D eigenvalue weighted by atomic mass is 10.2. The van der Waals surface area contributed by atoms with E-state index >= 15 is 0 Å². The summed E-state index contributed by atoms with van der Waals surface area (Å²) in [6.45, 7) is 8.72. The van der Waals surface area contributed by atoms with Crippen LogP contribution in [-0.2, 0) is 16.6 Å². The minimum atomic E-state index is -3.49. The van der Waals surface area contributed by atoms with Gasteiger partial charge in [-0.3, -0.25) is 0 Å².